The van der Waals surface area contributed by atoms with Crippen molar-refractivity contribution < 1.29 is 9.59 Å². The Bertz CT molecular complexity index is 757. The fourth-order valence-corrected chi connectivity index (χ4v) is 3.71. The van der Waals surface area contributed by atoms with Crippen LogP contribution in [-0.4, -0.2) is 62.4 Å². The summed E-state index contributed by atoms with van der Waals surface area (Å²) in [6.07, 6.45) is 7.14. The SMILES string of the molecule is O=C(c1cccn2cnnc12)N1CCC(C(=O)N2CCCC2)CC1. The van der Waals surface area contributed by atoms with Crippen LogP contribution < -0.4 is 0 Å². The summed E-state index contributed by atoms with van der Waals surface area (Å²) in [4.78, 5) is 29.1. The van der Waals surface area contributed by atoms with Crippen LogP contribution in [0.5, 0.6) is 0 Å². The van der Waals surface area contributed by atoms with Crippen molar-refractivity contribution in [1.82, 2.24) is 24.4 Å². The van der Waals surface area contributed by atoms with Gasteiger partial charge in [0.15, 0.2) is 5.65 Å². The summed E-state index contributed by atoms with van der Waals surface area (Å²) in [5.74, 6) is 0.316. The fraction of sp³-hybridized carbons (Fsp3) is 0.529. The van der Waals surface area contributed by atoms with Gasteiger partial charge in [0, 0.05) is 38.3 Å². The van der Waals surface area contributed by atoms with Crippen molar-refractivity contribution in [3.8, 4) is 0 Å². The molecule has 0 N–H and O–H groups in total. The van der Waals surface area contributed by atoms with Crippen LogP contribution in [-0.2, 0) is 4.79 Å². The first-order valence-electron chi connectivity index (χ1n) is 8.60. The number of nitrogens with zero attached hydrogens (tertiary/aromatic N) is 5. The number of pyridine rings is 1. The molecule has 2 aliphatic heterocycles. The van der Waals surface area contributed by atoms with Crippen molar-refractivity contribution in [2.24, 2.45) is 5.92 Å². The summed E-state index contributed by atoms with van der Waals surface area (Å²) < 4.78 is 1.75. The van der Waals surface area contributed by atoms with Crippen molar-refractivity contribution >= 4 is 17.5 Å². The Morgan fingerprint density at radius 1 is 1.04 bits per heavy atom. The zero-order valence-corrected chi connectivity index (χ0v) is 13.6. The van der Waals surface area contributed by atoms with Gasteiger partial charge < -0.3 is 9.80 Å². The Balaban J connectivity index is 1.43. The molecule has 0 bridgehead atoms. The normalized spacial score (nSPS) is 19.2. The number of fused-ring (bicyclic) bond motifs is 1. The molecule has 126 valence electrons. The molecule has 7 heteroatoms. The number of carbonyl (C=O) groups excluding carboxylic acids is 2. The van der Waals surface area contributed by atoms with Crippen molar-refractivity contribution in [3.63, 3.8) is 0 Å². The summed E-state index contributed by atoms with van der Waals surface area (Å²) in [5.41, 5.74) is 1.15. The predicted octanol–water partition coefficient (Wildman–Crippen LogP) is 1.20. The molecule has 2 aromatic rings. The molecule has 0 atom stereocenters. The van der Waals surface area contributed by atoms with Crippen LogP contribution in [0.4, 0.5) is 0 Å². The third-order valence-corrected chi connectivity index (χ3v) is 5.10. The minimum atomic E-state index is -0.0272. The van der Waals surface area contributed by atoms with Gasteiger partial charge in [-0.05, 0) is 37.8 Å². The van der Waals surface area contributed by atoms with Crippen molar-refractivity contribution in [1.29, 1.82) is 0 Å². The molecule has 2 aliphatic rings. The van der Waals surface area contributed by atoms with Gasteiger partial charge >= 0.3 is 0 Å². The highest BCUT2D eigenvalue weighted by molar-refractivity contribution is 5.99. The van der Waals surface area contributed by atoms with Gasteiger partial charge in [0.2, 0.25) is 5.91 Å². The fourth-order valence-electron chi connectivity index (χ4n) is 3.71. The number of amides is 2. The number of rotatable bonds is 2. The van der Waals surface area contributed by atoms with Gasteiger partial charge in [-0.1, -0.05) is 0 Å². The van der Waals surface area contributed by atoms with Crippen molar-refractivity contribution in [2.75, 3.05) is 26.2 Å². The first-order chi connectivity index (χ1) is 11.7. The molecular weight excluding hydrogens is 306 g/mol. The van der Waals surface area contributed by atoms with Crippen LogP contribution >= 0.6 is 0 Å². The zero-order valence-electron chi connectivity index (χ0n) is 13.6. The lowest BCUT2D eigenvalue weighted by Gasteiger charge is -2.33. The van der Waals surface area contributed by atoms with Crippen LogP contribution in [0.15, 0.2) is 24.7 Å². The molecule has 2 fully saturated rings. The van der Waals surface area contributed by atoms with E-state index in [-0.39, 0.29) is 17.7 Å². The molecule has 0 spiro atoms. The van der Waals surface area contributed by atoms with E-state index >= 15 is 0 Å². The Morgan fingerprint density at radius 2 is 1.79 bits per heavy atom. The van der Waals surface area contributed by atoms with Gasteiger partial charge in [0.25, 0.3) is 5.91 Å². The maximum Gasteiger partial charge on any atom is 0.257 e. The highest BCUT2D eigenvalue weighted by Crippen LogP contribution is 2.23. The van der Waals surface area contributed by atoms with Gasteiger partial charge in [-0.15, -0.1) is 10.2 Å². The van der Waals surface area contributed by atoms with Gasteiger partial charge in [0.1, 0.15) is 6.33 Å². The highest BCUT2D eigenvalue weighted by Gasteiger charge is 2.32. The molecule has 2 amide bonds. The highest BCUT2D eigenvalue weighted by atomic mass is 16.2. The molecule has 24 heavy (non-hydrogen) atoms. The smallest absolute Gasteiger partial charge is 0.257 e. The molecule has 0 aromatic carbocycles. The van der Waals surface area contributed by atoms with E-state index in [1.807, 2.05) is 22.1 Å². The number of carbonyl (C=O) groups is 2. The average molecular weight is 327 g/mol. The van der Waals surface area contributed by atoms with Crippen LogP contribution in [0.2, 0.25) is 0 Å². The van der Waals surface area contributed by atoms with Gasteiger partial charge in [-0.3, -0.25) is 14.0 Å². The van der Waals surface area contributed by atoms with E-state index in [0.717, 1.165) is 38.8 Å². The molecule has 7 nitrogen and oxygen atoms in total. The van der Waals surface area contributed by atoms with Crippen molar-refractivity contribution in [3.05, 3.63) is 30.2 Å². The van der Waals surface area contributed by atoms with E-state index in [2.05, 4.69) is 10.2 Å². The quantitative estimate of drug-likeness (QED) is 0.831. The number of likely N-dealkylation sites (tertiary alicyclic amines) is 2. The molecular formula is C17H21N5O2. The van der Waals surface area contributed by atoms with E-state index in [1.54, 1.807) is 16.8 Å². The minimum Gasteiger partial charge on any atom is -0.342 e. The molecule has 2 aromatic heterocycles. The number of hydrogen-bond donors (Lipinski definition) is 0. The Morgan fingerprint density at radius 3 is 2.54 bits per heavy atom. The summed E-state index contributed by atoms with van der Waals surface area (Å²) in [6, 6.07) is 3.61. The van der Waals surface area contributed by atoms with E-state index in [9.17, 15) is 9.59 Å². The van der Waals surface area contributed by atoms with E-state index < -0.39 is 0 Å². The second kappa shape index (κ2) is 6.22. The second-order valence-corrected chi connectivity index (χ2v) is 6.58. The largest absolute Gasteiger partial charge is 0.342 e. The third kappa shape index (κ3) is 2.64. The molecule has 0 aliphatic carbocycles. The predicted molar refractivity (Wildman–Crippen MR) is 87.4 cm³/mol. The zero-order chi connectivity index (χ0) is 16.5. The van der Waals surface area contributed by atoms with Crippen LogP contribution in [0.1, 0.15) is 36.0 Å². The summed E-state index contributed by atoms with van der Waals surface area (Å²) >= 11 is 0. The first-order valence-corrected chi connectivity index (χ1v) is 8.60. The van der Waals surface area contributed by atoms with Gasteiger partial charge in [-0.2, -0.15) is 0 Å². The lowest BCUT2D eigenvalue weighted by atomic mass is 9.95. The van der Waals surface area contributed by atoms with E-state index in [0.29, 0.717) is 24.3 Å². The number of aromatic nitrogens is 3. The lowest BCUT2D eigenvalue weighted by molar-refractivity contribution is -0.135. The Kier molecular flexibility index (Phi) is 3.92. The summed E-state index contributed by atoms with van der Waals surface area (Å²) in [6.45, 7) is 3.04. The van der Waals surface area contributed by atoms with E-state index in [4.69, 9.17) is 0 Å². The van der Waals surface area contributed by atoms with Crippen LogP contribution in [0.25, 0.3) is 5.65 Å². The minimum absolute atomic E-state index is 0.0272. The first kappa shape index (κ1) is 15.1. The Hall–Kier alpha value is -2.44. The Labute approximate surface area is 140 Å². The maximum absolute atomic E-state index is 12.8. The topological polar surface area (TPSA) is 70.8 Å². The lowest BCUT2D eigenvalue weighted by Crippen LogP contribution is -2.43. The average Bonchev–Trinajstić information content (AvgIpc) is 3.31. The second-order valence-electron chi connectivity index (χ2n) is 6.58. The molecule has 0 radical (unpaired) electrons. The third-order valence-electron chi connectivity index (χ3n) is 5.10. The monoisotopic (exact) mass is 327 g/mol. The van der Waals surface area contributed by atoms with Crippen molar-refractivity contribution in [2.45, 2.75) is 25.7 Å². The number of piperidine rings is 1. The van der Waals surface area contributed by atoms with E-state index in [1.165, 1.54) is 0 Å². The number of hydrogen-bond acceptors (Lipinski definition) is 4. The maximum atomic E-state index is 12.8. The van der Waals surface area contributed by atoms with Gasteiger partial charge in [0.05, 0.1) is 5.56 Å². The molecule has 0 saturated carbocycles. The summed E-state index contributed by atoms with van der Waals surface area (Å²) in [7, 11) is 0. The molecule has 4 heterocycles. The van der Waals surface area contributed by atoms with Crippen LogP contribution in [0, 0.1) is 5.92 Å². The standard InChI is InChI=1S/C17H21N5O2/c23-16(20-7-1-2-8-20)13-5-10-21(11-6-13)17(24)14-4-3-9-22-12-18-19-15(14)22/h3-4,9,12-13H,1-2,5-8,10-11H2. The summed E-state index contributed by atoms with van der Waals surface area (Å²) in [5, 5.41) is 7.90. The molecule has 0 unspecified atom stereocenters. The molecule has 4 rings (SSSR count). The van der Waals surface area contributed by atoms with Gasteiger partial charge in [-0.25, -0.2) is 0 Å². The van der Waals surface area contributed by atoms with Crippen LogP contribution in [0.3, 0.4) is 0 Å². The molecule has 2 saturated heterocycles.